The third-order valence-electron chi connectivity index (χ3n) is 3.66. The molecule has 2 aromatic rings. The van der Waals surface area contributed by atoms with E-state index in [0.29, 0.717) is 17.3 Å². The van der Waals surface area contributed by atoms with Crippen molar-refractivity contribution in [3.63, 3.8) is 0 Å². The lowest BCUT2D eigenvalue weighted by Gasteiger charge is -2.17. The van der Waals surface area contributed by atoms with Crippen LogP contribution in [0.25, 0.3) is 0 Å². The smallest absolute Gasteiger partial charge is 0.228 e. The lowest BCUT2D eigenvalue weighted by molar-refractivity contribution is -0.118. The monoisotopic (exact) mass is 367 g/mol. The molecule has 0 aliphatic heterocycles. The van der Waals surface area contributed by atoms with E-state index in [2.05, 4.69) is 10.2 Å². The van der Waals surface area contributed by atoms with Crippen molar-refractivity contribution >= 4 is 34.1 Å². The SMILES string of the molecule is CCC(=O)N(c1nnc(SCc2ccc(OC)c(F)c2)s1)C1CC1. The third-order valence-corrected chi connectivity index (χ3v) is 5.79. The minimum absolute atomic E-state index is 0.0856. The maximum Gasteiger partial charge on any atom is 0.228 e. The number of rotatable bonds is 7. The van der Waals surface area contributed by atoms with Crippen LogP contribution >= 0.6 is 23.1 Å². The van der Waals surface area contributed by atoms with Crippen molar-refractivity contribution in [3.05, 3.63) is 29.6 Å². The van der Waals surface area contributed by atoms with E-state index in [9.17, 15) is 9.18 Å². The van der Waals surface area contributed by atoms with Crippen molar-refractivity contribution in [2.45, 2.75) is 42.3 Å². The second-order valence-corrected chi connectivity index (χ2v) is 7.64. The largest absolute Gasteiger partial charge is 0.494 e. The van der Waals surface area contributed by atoms with Gasteiger partial charge in [0, 0.05) is 18.2 Å². The number of carbonyl (C=O) groups excluding carboxylic acids is 1. The number of methoxy groups -OCH3 is 1. The second-order valence-electron chi connectivity index (χ2n) is 5.46. The summed E-state index contributed by atoms with van der Waals surface area (Å²) in [6.45, 7) is 1.85. The van der Waals surface area contributed by atoms with E-state index in [0.717, 1.165) is 22.7 Å². The second kappa shape index (κ2) is 7.48. The molecule has 1 heterocycles. The van der Waals surface area contributed by atoms with E-state index < -0.39 is 0 Å². The van der Waals surface area contributed by atoms with Crippen molar-refractivity contribution in [1.82, 2.24) is 10.2 Å². The molecule has 128 valence electrons. The van der Waals surface area contributed by atoms with Crippen LogP contribution in [0.5, 0.6) is 5.75 Å². The van der Waals surface area contributed by atoms with Crippen LogP contribution < -0.4 is 9.64 Å². The van der Waals surface area contributed by atoms with Gasteiger partial charge < -0.3 is 4.74 Å². The molecule has 0 atom stereocenters. The summed E-state index contributed by atoms with van der Waals surface area (Å²) in [5.41, 5.74) is 0.846. The maximum atomic E-state index is 13.7. The molecule has 0 N–H and O–H groups in total. The summed E-state index contributed by atoms with van der Waals surface area (Å²) in [6.07, 6.45) is 2.52. The number of amides is 1. The van der Waals surface area contributed by atoms with Gasteiger partial charge in [0.15, 0.2) is 15.9 Å². The zero-order valence-corrected chi connectivity index (χ0v) is 15.1. The average molecular weight is 367 g/mol. The molecular weight excluding hydrogens is 349 g/mol. The first-order valence-electron chi connectivity index (χ1n) is 7.73. The lowest BCUT2D eigenvalue weighted by Crippen LogP contribution is -2.32. The molecule has 1 aliphatic rings. The van der Waals surface area contributed by atoms with Crippen molar-refractivity contribution in [2.24, 2.45) is 0 Å². The predicted molar refractivity (Wildman–Crippen MR) is 93.2 cm³/mol. The Hall–Kier alpha value is -1.67. The maximum absolute atomic E-state index is 13.7. The highest BCUT2D eigenvalue weighted by Gasteiger charge is 2.35. The Morgan fingerprint density at radius 3 is 2.88 bits per heavy atom. The first-order valence-corrected chi connectivity index (χ1v) is 9.53. The van der Waals surface area contributed by atoms with Gasteiger partial charge in [0.05, 0.1) is 7.11 Å². The summed E-state index contributed by atoms with van der Waals surface area (Å²) in [5, 5.41) is 8.98. The molecule has 1 aromatic heterocycles. The number of ether oxygens (including phenoxy) is 1. The summed E-state index contributed by atoms with van der Waals surface area (Å²) in [6, 6.07) is 5.18. The van der Waals surface area contributed by atoms with Crippen LogP contribution in [0.4, 0.5) is 9.52 Å². The fraction of sp³-hybridized carbons (Fsp3) is 0.438. The third kappa shape index (κ3) is 3.87. The highest BCUT2D eigenvalue weighted by molar-refractivity contribution is 8.00. The number of benzene rings is 1. The Morgan fingerprint density at radius 1 is 1.46 bits per heavy atom. The predicted octanol–water partition coefficient (Wildman–Crippen LogP) is 3.88. The van der Waals surface area contributed by atoms with Gasteiger partial charge in [-0.15, -0.1) is 10.2 Å². The number of carbonyl (C=O) groups is 1. The van der Waals surface area contributed by atoms with Gasteiger partial charge in [0.2, 0.25) is 11.0 Å². The number of thioether (sulfide) groups is 1. The van der Waals surface area contributed by atoms with E-state index >= 15 is 0 Å². The van der Waals surface area contributed by atoms with E-state index in [1.165, 1.54) is 36.3 Å². The summed E-state index contributed by atoms with van der Waals surface area (Å²) in [5.74, 6) is 0.533. The van der Waals surface area contributed by atoms with Crippen molar-refractivity contribution < 1.29 is 13.9 Å². The zero-order chi connectivity index (χ0) is 17.1. The Balaban J connectivity index is 1.65. The van der Waals surface area contributed by atoms with Gasteiger partial charge in [-0.3, -0.25) is 9.69 Å². The van der Waals surface area contributed by atoms with Gasteiger partial charge >= 0.3 is 0 Å². The molecule has 5 nitrogen and oxygen atoms in total. The van der Waals surface area contributed by atoms with Crippen LogP contribution in [0.1, 0.15) is 31.7 Å². The number of anilines is 1. The van der Waals surface area contributed by atoms with E-state index in [1.807, 2.05) is 13.0 Å². The zero-order valence-electron chi connectivity index (χ0n) is 13.5. The van der Waals surface area contributed by atoms with Crippen molar-refractivity contribution in [2.75, 3.05) is 12.0 Å². The molecule has 0 radical (unpaired) electrons. The Morgan fingerprint density at radius 2 is 2.25 bits per heavy atom. The first-order chi connectivity index (χ1) is 11.6. The summed E-state index contributed by atoms with van der Waals surface area (Å²) in [4.78, 5) is 13.9. The number of hydrogen-bond acceptors (Lipinski definition) is 6. The van der Waals surface area contributed by atoms with Crippen molar-refractivity contribution in [3.8, 4) is 5.75 Å². The van der Waals surface area contributed by atoms with Gasteiger partial charge in [-0.1, -0.05) is 36.1 Å². The molecule has 3 rings (SSSR count). The minimum atomic E-state index is -0.373. The molecule has 1 amide bonds. The topological polar surface area (TPSA) is 55.3 Å². The van der Waals surface area contributed by atoms with Gasteiger partial charge in [0.25, 0.3) is 0 Å². The van der Waals surface area contributed by atoms with Crippen molar-refractivity contribution in [1.29, 1.82) is 0 Å². The normalized spacial score (nSPS) is 13.8. The number of aromatic nitrogens is 2. The highest BCUT2D eigenvalue weighted by Crippen LogP contribution is 2.37. The van der Waals surface area contributed by atoms with Crippen LogP contribution in [0.2, 0.25) is 0 Å². The molecule has 0 spiro atoms. The van der Waals surface area contributed by atoms with E-state index in [-0.39, 0.29) is 23.5 Å². The quantitative estimate of drug-likeness (QED) is 0.549. The molecule has 1 aliphatic carbocycles. The molecule has 0 saturated heterocycles. The number of hydrogen-bond donors (Lipinski definition) is 0. The van der Waals surface area contributed by atoms with Crippen LogP contribution in [0.15, 0.2) is 22.5 Å². The fourth-order valence-electron chi connectivity index (χ4n) is 2.27. The van der Waals surface area contributed by atoms with Gasteiger partial charge in [-0.25, -0.2) is 4.39 Å². The fourth-order valence-corrected chi connectivity index (χ4v) is 4.15. The molecule has 1 saturated carbocycles. The summed E-state index contributed by atoms with van der Waals surface area (Å²) >= 11 is 2.90. The van der Waals surface area contributed by atoms with Crippen LogP contribution in [0, 0.1) is 5.82 Å². The van der Waals surface area contributed by atoms with E-state index in [4.69, 9.17) is 4.74 Å². The molecule has 1 aromatic carbocycles. The Labute approximate surface area is 148 Å². The van der Waals surface area contributed by atoms with Gasteiger partial charge in [-0.2, -0.15) is 0 Å². The molecule has 0 unspecified atom stereocenters. The highest BCUT2D eigenvalue weighted by atomic mass is 32.2. The van der Waals surface area contributed by atoms with Crippen LogP contribution in [-0.2, 0) is 10.5 Å². The summed E-state index contributed by atoms with van der Waals surface area (Å²) < 4.78 is 19.4. The number of nitrogens with zero attached hydrogens (tertiary/aromatic N) is 3. The molecule has 0 bridgehead atoms. The van der Waals surface area contributed by atoms with Gasteiger partial charge in [-0.05, 0) is 30.5 Å². The standard InChI is InChI=1S/C16H18FN3O2S2/c1-3-14(21)20(11-5-6-11)15-18-19-16(24-15)23-9-10-4-7-13(22-2)12(17)8-10/h4,7-8,11H,3,5-6,9H2,1-2H3. The molecular formula is C16H18FN3O2S2. The lowest BCUT2D eigenvalue weighted by atomic mass is 10.2. The Bertz CT molecular complexity index is 734. The van der Waals surface area contributed by atoms with Crippen LogP contribution in [0.3, 0.4) is 0 Å². The Kier molecular flexibility index (Phi) is 5.35. The van der Waals surface area contributed by atoms with E-state index in [1.54, 1.807) is 11.0 Å². The first kappa shape index (κ1) is 17.2. The minimum Gasteiger partial charge on any atom is -0.494 e. The summed E-state index contributed by atoms with van der Waals surface area (Å²) in [7, 11) is 1.44. The average Bonchev–Trinajstić information content (AvgIpc) is 3.31. The van der Waals surface area contributed by atoms with Gasteiger partial charge in [0.1, 0.15) is 0 Å². The number of halogens is 1. The molecule has 8 heteroatoms. The molecule has 1 fully saturated rings. The van der Waals surface area contributed by atoms with Crippen LogP contribution in [-0.4, -0.2) is 29.3 Å². The molecule has 24 heavy (non-hydrogen) atoms.